The van der Waals surface area contributed by atoms with Gasteiger partial charge < -0.3 is 9.13 Å². The highest BCUT2D eigenvalue weighted by molar-refractivity contribution is 6.13. The Balaban J connectivity index is 1.11. The molecule has 0 saturated heterocycles. The average Bonchev–Trinajstić information content (AvgIpc) is 4.02. The van der Waals surface area contributed by atoms with E-state index in [1.807, 2.05) is 72.8 Å². The van der Waals surface area contributed by atoms with Gasteiger partial charge in [-0.25, -0.2) is 15.0 Å². The highest BCUT2D eigenvalue weighted by atomic mass is 15.1. The zero-order chi connectivity index (χ0) is 51.3. The number of benzene rings is 10. The van der Waals surface area contributed by atoms with Gasteiger partial charge in [-0.15, -0.1) is 0 Å². The number of aromatic nitrogens is 5. The van der Waals surface area contributed by atoms with Crippen molar-refractivity contribution in [2.24, 2.45) is 0 Å². The molecule has 0 aliphatic heterocycles. The number of rotatable bonds is 8. The Morgan fingerprint density at radius 1 is 0.263 bits per heavy atom. The largest absolute Gasteiger partial charge is 0.309 e. The van der Waals surface area contributed by atoms with Crippen molar-refractivity contribution in [3.05, 3.63) is 247 Å². The predicted octanol–water partition coefficient (Wildman–Crippen LogP) is 15.6. The monoisotopic (exact) mass is 967 g/mol. The van der Waals surface area contributed by atoms with Gasteiger partial charge in [-0.2, -0.15) is 21.0 Å². The van der Waals surface area contributed by atoms with Crippen LogP contribution in [0.4, 0.5) is 0 Å². The molecular formula is C67H37N9. The molecule has 0 N–H and O–H groups in total. The first kappa shape index (κ1) is 44.7. The maximum Gasteiger partial charge on any atom is 0.166 e. The van der Waals surface area contributed by atoms with Crippen LogP contribution in [0.15, 0.2) is 224 Å². The third-order valence-corrected chi connectivity index (χ3v) is 14.0. The fourth-order valence-corrected chi connectivity index (χ4v) is 10.6. The molecule has 13 aromatic rings. The van der Waals surface area contributed by atoms with Crippen molar-refractivity contribution in [3.63, 3.8) is 0 Å². The normalized spacial score (nSPS) is 11.1. The molecule has 0 spiro atoms. The second-order valence-electron chi connectivity index (χ2n) is 18.5. The summed E-state index contributed by atoms with van der Waals surface area (Å²) in [5.74, 6) is 1.52. The van der Waals surface area contributed by atoms with Crippen LogP contribution in [-0.2, 0) is 0 Å². The SMILES string of the molecule is N#Cc1cc(C#N)cc(-c2ccc3c(c2)c2cc(-c4cc(C#N)cc(C#N)c4)ccc2n3-c2ccc(-c3ccccc3-n3c4ccccc4c4ccccc43)cc2-c2nc(-c3ccccc3)nc(-c3ccccc3)n2)c1. The molecule has 9 nitrogen and oxygen atoms in total. The number of nitrogens with zero attached hydrogens (tertiary/aromatic N) is 9. The topological polar surface area (TPSA) is 144 Å². The van der Waals surface area contributed by atoms with Crippen LogP contribution in [0.1, 0.15) is 22.3 Å². The van der Waals surface area contributed by atoms with Crippen LogP contribution in [0, 0.1) is 45.3 Å². The first-order chi connectivity index (χ1) is 37.5. The van der Waals surface area contributed by atoms with Gasteiger partial charge in [-0.3, -0.25) is 0 Å². The van der Waals surface area contributed by atoms with Crippen LogP contribution in [0.2, 0.25) is 0 Å². The lowest BCUT2D eigenvalue weighted by Gasteiger charge is -2.18. The van der Waals surface area contributed by atoms with Crippen LogP contribution in [0.5, 0.6) is 0 Å². The van der Waals surface area contributed by atoms with Gasteiger partial charge in [0.2, 0.25) is 0 Å². The van der Waals surface area contributed by atoms with E-state index < -0.39 is 0 Å². The maximum absolute atomic E-state index is 9.99. The van der Waals surface area contributed by atoms with Gasteiger partial charge in [0.05, 0.1) is 80.0 Å². The molecule has 0 unspecified atom stereocenters. The molecule has 13 rings (SSSR count). The third-order valence-electron chi connectivity index (χ3n) is 14.0. The van der Waals surface area contributed by atoms with Crippen molar-refractivity contribution >= 4 is 43.6 Å². The quantitative estimate of drug-likeness (QED) is 0.147. The van der Waals surface area contributed by atoms with Crippen LogP contribution in [0.3, 0.4) is 0 Å². The van der Waals surface area contributed by atoms with Gasteiger partial charge in [-0.1, -0.05) is 133 Å². The second-order valence-corrected chi connectivity index (χ2v) is 18.5. The Labute approximate surface area is 436 Å². The summed E-state index contributed by atoms with van der Waals surface area (Å²) in [5, 5.41) is 44.1. The van der Waals surface area contributed by atoms with Crippen molar-refractivity contribution in [1.82, 2.24) is 24.1 Å². The van der Waals surface area contributed by atoms with Gasteiger partial charge >= 0.3 is 0 Å². The molecule has 9 heteroatoms. The van der Waals surface area contributed by atoms with Crippen molar-refractivity contribution in [3.8, 4) is 103 Å². The minimum atomic E-state index is 0.385. The Kier molecular flexibility index (Phi) is 10.8. The maximum atomic E-state index is 9.99. The summed E-state index contributed by atoms with van der Waals surface area (Å²) in [6.07, 6.45) is 0. The van der Waals surface area contributed by atoms with E-state index >= 15 is 0 Å². The predicted molar refractivity (Wildman–Crippen MR) is 300 cm³/mol. The summed E-state index contributed by atoms with van der Waals surface area (Å²) in [7, 11) is 0. The first-order valence-electron chi connectivity index (χ1n) is 24.6. The standard InChI is InChI=1S/C67H37N9/c68-38-42-29-43(39-69)32-51(31-42)48-23-26-62-56(35-48)57-36-49(52-33-44(40-70)30-45(34-52)41-71)24-27-63(57)76(62)64-28-25-50(53-17-7-10-20-59(53)75-60-21-11-8-18-54(60)55-19-9-12-22-61(55)75)37-58(64)67-73-65(46-13-3-1-4-14-46)72-66(74-67)47-15-5-2-6-16-47/h1-37H. The number of nitriles is 4. The Morgan fingerprint density at radius 3 is 1.14 bits per heavy atom. The second kappa shape index (κ2) is 18.4. The van der Waals surface area contributed by atoms with Crippen molar-refractivity contribution in [1.29, 1.82) is 21.0 Å². The van der Waals surface area contributed by atoms with Gasteiger partial charge in [-0.05, 0) is 119 Å². The smallest absolute Gasteiger partial charge is 0.166 e. The van der Waals surface area contributed by atoms with E-state index in [1.54, 1.807) is 36.4 Å². The van der Waals surface area contributed by atoms with E-state index in [1.165, 1.54) is 10.8 Å². The van der Waals surface area contributed by atoms with Gasteiger partial charge in [0.15, 0.2) is 17.5 Å². The van der Waals surface area contributed by atoms with Crippen LogP contribution in [0.25, 0.3) is 123 Å². The molecule has 0 radical (unpaired) electrons. The highest BCUT2D eigenvalue weighted by Gasteiger charge is 2.23. The Hall–Kier alpha value is -11.2. The summed E-state index contributed by atoms with van der Waals surface area (Å²) in [6, 6.07) is 83.6. The zero-order valence-corrected chi connectivity index (χ0v) is 40.4. The molecule has 0 aliphatic carbocycles. The molecule has 0 amide bonds. The Morgan fingerprint density at radius 2 is 0.658 bits per heavy atom. The summed E-state index contributed by atoms with van der Waals surface area (Å²) in [5.41, 5.74) is 14.8. The van der Waals surface area contributed by atoms with Gasteiger partial charge in [0.1, 0.15) is 0 Å². The zero-order valence-electron chi connectivity index (χ0n) is 40.4. The number of fused-ring (bicyclic) bond motifs is 6. The van der Waals surface area contributed by atoms with E-state index in [4.69, 9.17) is 15.0 Å². The average molecular weight is 968 g/mol. The Bertz CT molecular complexity index is 4380. The molecule has 0 atom stereocenters. The highest BCUT2D eigenvalue weighted by Crippen LogP contribution is 2.43. The molecule has 0 fully saturated rings. The molecule has 0 saturated carbocycles. The number of hydrogen-bond donors (Lipinski definition) is 0. The summed E-state index contributed by atoms with van der Waals surface area (Å²) >= 11 is 0. The molecular weight excluding hydrogens is 931 g/mol. The summed E-state index contributed by atoms with van der Waals surface area (Å²) in [6.45, 7) is 0. The molecule has 350 valence electrons. The van der Waals surface area contributed by atoms with E-state index in [0.29, 0.717) is 39.7 Å². The minimum absolute atomic E-state index is 0.385. The van der Waals surface area contributed by atoms with Crippen LogP contribution >= 0.6 is 0 Å². The van der Waals surface area contributed by atoms with Gasteiger partial charge in [0.25, 0.3) is 0 Å². The molecule has 76 heavy (non-hydrogen) atoms. The molecule has 3 heterocycles. The van der Waals surface area contributed by atoms with Crippen LogP contribution < -0.4 is 0 Å². The van der Waals surface area contributed by atoms with E-state index in [2.05, 4.69) is 149 Å². The van der Waals surface area contributed by atoms with E-state index in [-0.39, 0.29) is 0 Å². The summed E-state index contributed by atoms with van der Waals surface area (Å²) < 4.78 is 4.58. The minimum Gasteiger partial charge on any atom is -0.309 e. The molecule has 0 bridgehead atoms. The molecule has 3 aromatic heterocycles. The van der Waals surface area contributed by atoms with Crippen molar-refractivity contribution in [2.45, 2.75) is 0 Å². The van der Waals surface area contributed by atoms with Gasteiger partial charge in [0, 0.05) is 43.8 Å². The summed E-state index contributed by atoms with van der Waals surface area (Å²) in [4.78, 5) is 15.8. The number of para-hydroxylation sites is 3. The first-order valence-corrected chi connectivity index (χ1v) is 24.6. The van der Waals surface area contributed by atoms with E-state index in [9.17, 15) is 21.0 Å². The molecule has 10 aromatic carbocycles. The third kappa shape index (κ3) is 7.66. The fourth-order valence-electron chi connectivity index (χ4n) is 10.6. The number of hydrogen-bond acceptors (Lipinski definition) is 7. The van der Waals surface area contributed by atoms with Crippen molar-refractivity contribution < 1.29 is 0 Å². The lowest BCUT2D eigenvalue weighted by molar-refractivity contribution is 1.06. The van der Waals surface area contributed by atoms with Crippen LogP contribution in [-0.4, -0.2) is 24.1 Å². The van der Waals surface area contributed by atoms with Crippen molar-refractivity contribution in [2.75, 3.05) is 0 Å². The fraction of sp³-hybridized carbons (Fsp3) is 0. The van der Waals surface area contributed by atoms with E-state index in [0.717, 1.165) is 94.3 Å². The lowest BCUT2D eigenvalue weighted by atomic mass is 9.97. The lowest BCUT2D eigenvalue weighted by Crippen LogP contribution is -2.04. The molecule has 0 aliphatic rings.